The first kappa shape index (κ1) is 13.4. The number of benzene rings is 1. The van der Waals surface area contributed by atoms with E-state index in [-0.39, 0.29) is 0 Å². The number of fused-ring (bicyclic) bond motifs is 1. The summed E-state index contributed by atoms with van der Waals surface area (Å²) in [6.07, 6.45) is 6.61. The van der Waals surface area contributed by atoms with Crippen LogP contribution in [0, 0.1) is 0 Å². The highest BCUT2D eigenvalue weighted by Crippen LogP contribution is 2.15. The quantitative estimate of drug-likeness (QED) is 0.772. The molecule has 96 valence electrons. The van der Waals surface area contributed by atoms with Crippen molar-refractivity contribution in [2.75, 3.05) is 18.6 Å². The molecule has 2 nitrogen and oxygen atoms in total. The summed E-state index contributed by atoms with van der Waals surface area (Å²) < 4.78 is 0. The molecule has 3 heteroatoms. The monoisotopic (exact) mass is 260 g/mol. The first-order valence-corrected chi connectivity index (χ1v) is 7.83. The lowest BCUT2D eigenvalue weighted by Gasteiger charge is -2.07. The Bertz CT molecular complexity index is 479. The van der Waals surface area contributed by atoms with Crippen LogP contribution >= 0.6 is 11.8 Å². The second kappa shape index (κ2) is 7.39. The minimum Gasteiger partial charge on any atom is -0.313 e. The molecule has 2 rings (SSSR count). The van der Waals surface area contributed by atoms with Crippen LogP contribution in [-0.2, 0) is 6.54 Å². The number of nitrogens with one attached hydrogen (secondary N) is 1. The topological polar surface area (TPSA) is 24.9 Å². The summed E-state index contributed by atoms with van der Waals surface area (Å²) in [6.45, 7) is 2.03. The molecule has 0 fully saturated rings. The van der Waals surface area contributed by atoms with Gasteiger partial charge >= 0.3 is 0 Å². The minimum absolute atomic E-state index is 0.933. The molecule has 2 aromatic rings. The minimum atomic E-state index is 0.933. The van der Waals surface area contributed by atoms with E-state index in [1.807, 2.05) is 24.0 Å². The van der Waals surface area contributed by atoms with Crippen molar-refractivity contribution in [3.8, 4) is 0 Å². The van der Waals surface area contributed by atoms with Gasteiger partial charge in [0.05, 0.1) is 5.52 Å². The zero-order chi connectivity index (χ0) is 12.6. The molecule has 0 aliphatic heterocycles. The standard InChI is InChI=1S/C15H20N2S/c1-18-11-5-4-9-16-12-13-8-10-17-15-7-3-2-6-14(13)15/h2-3,6-8,10,16H,4-5,9,11-12H2,1H3. The summed E-state index contributed by atoms with van der Waals surface area (Å²) in [5, 5.41) is 4.78. The smallest absolute Gasteiger partial charge is 0.0705 e. The lowest BCUT2D eigenvalue weighted by Crippen LogP contribution is -2.15. The maximum absolute atomic E-state index is 4.38. The molecular weight excluding hydrogens is 240 g/mol. The van der Waals surface area contributed by atoms with Gasteiger partial charge < -0.3 is 5.32 Å². The molecule has 0 atom stereocenters. The molecule has 0 aliphatic carbocycles. The van der Waals surface area contributed by atoms with Crippen molar-refractivity contribution in [2.45, 2.75) is 19.4 Å². The predicted molar refractivity (Wildman–Crippen MR) is 81.1 cm³/mol. The lowest BCUT2D eigenvalue weighted by atomic mass is 10.1. The van der Waals surface area contributed by atoms with Crippen molar-refractivity contribution in [2.24, 2.45) is 0 Å². The summed E-state index contributed by atoms with van der Waals surface area (Å²) in [5.41, 5.74) is 2.42. The third-order valence-corrected chi connectivity index (χ3v) is 3.70. The Morgan fingerprint density at radius 3 is 2.94 bits per heavy atom. The number of para-hydroxylation sites is 1. The largest absolute Gasteiger partial charge is 0.313 e. The van der Waals surface area contributed by atoms with E-state index in [2.05, 4.69) is 40.8 Å². The molecule has 0 amide bonds. The predicted octanol–water partition coefficient (Wildman–Crippen LogP) is 3.47. The van der Waals surface area contributed by atoms with Gasteiger partial charge in [0, 0.05) is 18.1 Å². The number of hydrogen-bond acceptors (Lipinski definition) is 3. The van der Waals surface area contributed by atoms with E-state index in [1.54, 1.807) is 0 Å². The molecule has 1 aromatic carbocycles. The van der Waals surface area contributed by atoms with E-state index in [0.29, 0.717) is 0 Å². The van der Waals surface area contributed by atoms with Gasteiger partial charge in [0.25, 0.3) is 0 Å². The Kier molecular flexibility index (Phi) is 5.49. The first-order valence-electron chi connectivity index (χ1n) is 6.44. The fourth-order valence-electron chi connectivity index (χ4n) is 2.03. The van der Waals surface area contributed by atoms with E-state index in [4.69, 9.17) is 0 Å². The molecule has 0 aliphatic rings. The highest BCUT2D eigenvalue weighted by molar-refractivity contribution is 7.98. The number of aromatic nitrogens is 1. The number of rotatable bonds is 7. The van der Waals surface area contributed by atoms with Gasteiger partial charge in [-0.15, -0.1) is 0 Å². The van der Waals surface area contributed by atoms with Gasteiger partial charge in [0.2, 0.25) is 0 Å². The summed E-state index contributed by atoms with van der Waals surface area (Å²) in [6, 6.07) is 10.4. The van der Waals surface area contributed by atoms with Crippen LogP contribution < -0.4 is 5.32 Å². The van der Waals surface area contributed by atoms with Crippen LogP contribution in [0.15, 0.2) is 36.5 Å². The Labute approximate surface area is 113 Å². The summed E-state index contributed by atoms with van der Waals surface area (Å²) in [7, 11) is 0. The van der Waals surface area contributed by atoms with Gasteiger partial charge in [-0.05, 0) is 49.1 Å². The van der Waals surface area contributed by atoms with Gasteiger partial charge in [-0.1, -0.05) is 18.2 Å². The van der Waals surface area contributed by atoms with Gasteiger partial charge in [-0.2, -0.15) is 11.8 Å². The molecule has 0 unspecified atom stereocenters. The van der Waals surface area contributed by atoms with Crippen molar-refractivity contribution in [1.82, 2.24) is 10.3 Å². The normalized spacial score (nSPS) is 10.9. The van der Waals surface area contributed by atoms with Gasteiger partial charge in [-0.3, -0.25) is 4.98 Å². The SMILES string of the molecule is CSCCCCNCc1ccnc2ccccc12. The fourth-order valence-corrected chi connectivity index (χ4v) is 2.52. The van der Waals surface area contributed by atoms with Gasteiger partial charge in [0.1, 0.15) is 0 Å². The molecule has 0 saturated heterocycles. The van der Waals surface area contributed by atoms with Crippen molar-refractivity contribution >= 4 is 22.7 Å². The van der Waals surface area contributed by atoms with E-state index in [0.717, 1.165) is 18.6 Å². The van der Waals surface area contributed by atoms with Crippen LogP contribution in [0.4, 0.5) is 0 Å². The highest BCUT2D eigenvalue weighted by atomic mass is 32.2. The van der Waals surface area contributed by atoms with Gasteiger partial charge in [0.15, 0.2) is 0 Å². The fraction of sp³-hybridized carbons (Fsp3) is 0.400. The molecule has 0 bridgehead atoms. The maximum atomic E-state index is 4.38. The number of thioether (sulfide) groups is 1. The maximum Gasteiger partial charge on any atom is 0.0705 e. The number of pyridine rings is 1. The molecular formula is C15H20N2S. The number of unbranched alkanes of at least 4 members (excludes halogenated alkanes) is 1. The summed E-state index contributed by atoms with van der Waals surface area (Å²) >= 11 is 1.92. The van der Waals surface area contributed by atoms with Crippen LogP contribution in [0.1, 0.15) is 18.4 Å². The Hall–Kier alpha value is -1.06. The van der Waals surface area contributed by atoms with Crippen LogP contribution in [0.5, 0.6) is 0 Å². The highest BCUT2D eigenvalue weighted by Gasteiger charge is 2.00. The lowest BCUT2D eigenvalue weighted by molar-refractivity contribution is 0.645. The molecule has 0 spiro atoms. The van der Waals surface area contributed by atoms with Gasteiger partial charge in [-0.25, -0.2) is 0 Å². The zero-order valence-electron chi connectivity index (χ0n) is 10.9. The van der Waals surface area contributed by atoms with Crippen molar-refractivity contribution in [3.05, 3.63) is 42.1 Å². The average molecular weight is 260 g/mol. The molecule has 18 heavy (non-hydrogen) atoms. The number of hydrogen-bond donors (Lipinski definition) is 1. The van der Waals surface area contributed by atoms with Crippen molar-refractivity contribution in [3.63, 3.8) is 0 Å². The molecule has 1 N–H and O–H groups in total. The Morgan fingerprint density at radius 1 is 1.17 bits per heavy atom. The van der Waals surface area contributed by atoms with Crippen molar-refractivity contribution < 1.29 is 0 Å². The average Bonchev–Trinajstić information content (AvgIpc) is 2.43. The molecule has 0 radical (unpaired) electrons. The van der Waals surface area contributed by atoms with Crippen LogP contribution in [0.3, 0.4) is 0 Å². The summed E-state index contributed by atoms with van der Waals surface area (Å²) in [5.74, 6) is 1.26. The van der Waals surface area contributed by atoms with Crippen LogP contribution in [-0.4, -0.2) is 23.5 Å². The first-order chi connectivity index (χ1) is 8.92. The van der Waals surface area contributed by atoms with E-state index >= 15 is 0 Å². The Balaban J connectivity index is 1.88. The van der Waals surface area contributed by atoms with E-state index < -0.39 is 0 Å². The summed E-state index contributed by atoms with van der Waals surface area (Å²) in [4.78, 5) is 4.38. The zero-order valence-corrected chi connectivity index (χ0v) is 11.7. The second-order valence-corrected chi connectivity index (χ2v) is 5.35. The van der Waals surface area contributed by atoms with Crippen LogP contribution in [0.25, 0.3) is 10.9 Å². The van der Waals surface area contributed by atoms with E-state index in [1.165, 1.54) is 29.5 Å². The number of nitrogens with zero attached hydrogens (tertiary/aromatic N) is 1. The molecule has 1 heterocycles. The van der Waals surface area contributed by atoms with Crippen molar-refractivity contribution in [1.29, 1.82) is 0 Å². The molecule has 1 aromatic heterocycles. The Morgan fingerprint density at radius 2 is 2.06 bits per heavy atom. The third kappa shape index (κ3) is 3.72. The third-order valence-electron chi connectivity index (χ3n) is 3.01. The van der Waals surface area contributed by atoms with E-state index in [9.17, 15) is 0 Å². The second-order valence-electron chi connectivity index (χ2n) is 4.36. The van der Waals surface area contributed by atoms with Crippen LogP contribution in [0.2, 0.25) is 0 Å². The molecule has 0 saturated carbocycles.